The lowest BCUT2D eigenvalue weighted by Crippen LogP contribution is -2.46. The lowest BCUT2D eigenvalue weighted by atomic mass is 9.87. The van der Waals surface area contributed by atoms with Crippen molar-refractivity contribution in [1.82, 2.24) is 30.2 Å². The van der Waals surface area contributed by atoms with Crippen molar-refractivity contribution in [2.45, 2.75) is 95.5 Å². The highest BCUT2D eigenvalue weighted by molar-refractivity contribution is 8.14. The maximum absolute atomic E-state index is 12.8. The van der Waals surface area contributed by atoms with Crippen LogP contribution >= 0.6 is 35.2 Å². The Hall–Kier alpha value is -2.74. The first-order valence-electron chi connectivity index (χ1n) is 18.8. The van der Waals surface area contributed by atoms with Gasteiger partial charge in [0, 0.05) is 30.7 Å². The molecule has 1 saturated carbocycles. The van der Waals surface area contributed by atoms with Crippen LogP contribution in [0.25, 0.3) is 11.2 Å². The summed E-state index contributed by atoms with van der Waals surface area (Å²) in [6.45, 7) is 2.04. The van der Waals surface area contributed by atoms with E-state index in [9.17, 15) is 57.9 Å². The highest BCUT2D eigenvalue weighted by atomic mass is 32.2. The average molecular weight is 948 g/mol. The number of hydrogen-bond acceptors (Lipinski definition) is 19. The minimum Gasteiger partial charge on any atom is -0.385 e. The largest absolute Gasteiger partial charge is 0.481 e. The van der Waals surface area contributed by atoms with Gasteiger partial charge in [-0.2, -0.15) is 4.31 Å². The second-order valence-corrected chi connectivity index (χ2v) is 20.1. The molecule has 0 radical (unpaired) electrons. The molecule has 1 saturated heterocycles. The summed E-state index contributed by atoms with van der Waals surface area (Å²) < 4.78 is 68.6. The van der Waals surface area contributed by atoms with Gasteiger partial charge >= 0.3 is 23.5 Å². The smallest absolute Gasteiger partial charge is 0.385 e. The molecule has 0 spiro atoms. The second kappa shape index (κ2) is 21.8. The van der Waals surface area contributed by atoms with Gasteiger partial charge in [0.05, 0.1) is 32.3 Å². The van der Waals surface area contributed by atoms with Crippen molar-refractivity contribution in [3.05, 3.63) is 24.8 Å². The molecule has 2 aromatic heterocycles. The van der Waals surface area contributed by atoms with E-state index in [0.717, 1.165) is 54.7 Å². The highest BCUT2D eigenvalue weighted by Crippen LogP contribution is 2.61. The molecule has 1 aliphatic carbocycles. The number of aromatic nitrogens is 4. The zero-order valence-corrected chi connectivity index (χ0v) is 36.9. The molecule has 29 heteroatoms. The summed E-state index contributed by atoms with van der Waals surface area (Å²) >= 11 is 1.01. The number of nitrogen functional groups attached to an aromatic ring is 1. The van der Waals surface area contributed by atoms with Crippen LogP contribution in [0.5, 0.6) is 0 Å². The van der Waals surface area contributed by atoms with Gasteiger partial charge in [-0.3, -0.25) is 32.5 Å². The van der Waals surface area contributed by atoms with Crippen molar-refractivity contribution in [2.24, 2.45) is 5.41 Å². The van der Waals surface area contributed by atoms with Crippen LogP contribution in [0.2, 0.25) is 0 Å². The molecular formula is C32H52N7O18P3S. The Morgan fingerprint density at radius 3 is 2.44 bits per heavy atom. The van der Waals surface area contributed by atoms with Gasteiger partial charge in [-0.1, -0.05) is 50.9 Å². The predicted molar refractivity (Wildman–Crippen MR) is 214 cm³/mol. The van der Waals surface area contributed by atoms with Gasteiger partial charge in [-0.25, -0.2) is 28.6 Å². The number of phosphoric ester groups is 3. The highest BCUT2D eigenvalue weighted by Gasteiger charge is 2.57. The maximum Gasteiger partial charge on any atom is 0.481 e. The number of rotatable bonds is 23. The third kappa shape index (κ3) is 15.2. The SMILES string of the molecule is CC(C)(COP(=O)(O)OP(=O)(O)OCC1OC(C)(n2cnc3c(N)ncnc32)C(O)C1OP(=O)(O)O)C(O)C(=O)NCCC(=O)NCCSC(=O)C=CCOC1CCCCC1. The van der Waals surface area contributed by atoms with Crippen LogP contribution in [0.4, 0.5) is 5.82 Å². The van der Waals surface area contributed by atoms with Gasteiger partial charge < -0.3 is 55.6 Å². The molecule has 2 aromatic rings. The Labute approximate surface area is 353 Å². The number of thioether (sulfide) groups is 1. The van der Waals surface area contributed by atoms with Crippen molar-refractivity contribution in [3.8, 4) is 0 Å². The Morgan fingerprint density at radius 2 is 1.75 bits per heavy atom. The number of phosphoric acid groups is 3. The lowest BCUT2D eigenvalue weighted by molar-refractivity contribution is -0.137. The van der Waals surface area contributed by atoms with E-state index in [-0.39, 0.29) is 47.7 Å². The van der Waals surface area contributed by atoms with E-state index < -0.39 is 84.1 Å². The first-order valence-corrected chi connectivity index (χ1v) is 24.3. The standard InChI is InChI=1S/C32H52N7O18P3S/c1-31(2,27(43)30(44)35-12-11-22(40)34-13-15-61-23(41)10-7-14-52-20-8-5-4-6-9-20)17-54-60(50,51)57-59(48,49)53-16-21-25(56-58(45,46)47)26(42)32(3,55-21)39-19-38-24-28(33)36-18-37-29(24)39/h7,10,18-21,25-27,42-43H,4-6,8-9,11-17H2,1-3H3,(H,34,40)(H,35,44)(H,48,49)(H,50,51)(H2,33,36,37)(H2,45,46,47). The van der Waals surface area contributed by atoms with Crippen LogP contribution in [0.3, 0.4) is 0 Å². The van der Waals surface area contributed by atoms with Crippen molar-refractivity contribution in [3.63, 3.8) is 0 Å². The fourth-order valence-electron chi connectivity index (χ4n) is 6.21. The van der Waals surface area contributed by atoms with Gasteiger partial charge in [-0.15, -0.1) is 0 Å². The van der Waals surface area contributed by atoms with E-state index in [4.69, 9.17) is 28.8 Å². The number of carbonyl (C=O) groups excluding carboxylic acids is 3. The van der Waals surface area contributed by atoms with Crippen LogP contribution in [-0.4, -0.2) is 135 Å². The van der Waals surface area contributed by atoms with Crippen molar-refractivity contribution >= 4 is 69.1 Å². The number of nitrogens with two attached hydrogens (primary N) is 1. The van der Waals surface area contributed by atoms with E-state index in [1.54, 1.807) is 6.08 Å². The molecule has 10 N–H and O–H groups in total. The van der Waals surface area contributed by atoms with E-state index in [1.165, 1.54) is 33.3 Å². The number of aliphatic hydroxyl groups is 2. The van der Waals surface area contributed by atoms with Crippen molar-refractivity contribution < 1.29 is 85.2 Å². The first-order chi connectivity index (χ1) is 28.4. The molecule has 344 valence electrons. The van der Waals surface area contributed by atoms with Crippen LogP contribution < -0.4 is 16.4 Å². The molecule has 2 fully saturated rings. The Kier molecular flexibility index (Phi) is 18.2. The average Bonchev–Trinajstić information content (AvgIpc) is 3.72. The summed E-state index contributed by atoms with van der Waals surface area (Å²) in [6, 6.07) is 0. The topological polar surface area (TPSA) is 373 Å². The normalized spacial score (nSPS) is 24.0. The van der Waals surface area contributed by atoms with E-state index in [0.29, 0.717) is 12.4 Å². The molecule has 25 nitrogen and oxygen atoms in total. The van der Waals surface area contributed by atoms with Crippen LogP contribution in [0.15, 0.2) is 24.8 Å². The Bertz CT molecular complexity index is 2020. The third-order valence-corrected chi connectivity index (χ3v) is 13.4. The molecule has 61 heavy (non-hydrogen) atoms. The molecule has 0 aromatic carbocycles. The number of carbonyl (C=O) groups is 3. The number of nitrogens with one attached hydrogen (secondary N) is 2. The summed E-state index contributed by atoms with van der Waals surface area (Å²) in [7, 11) is -16.5. The van der Waals surface area contributed by atoms with Crippen molar-refractivity contribution in [2.75, 3.05) is 44.4 Å². The minimum atomic E-state index is -5.60. The van der Waals surface area contributed by atoms with E-state index >= 15 is 0 Å². The summed E-state index contributed by atoms with van der Waals surface area (Å²) in [6.07, 6.45) is 3.37. The van der Waals surface area contributed by atoms with E-state index in [1.807, 2.05) is 0 Å². The van der Waals surface area contributed by atoms with Gasteiger partial charge in [0.1, 0.15) is 36.3 Å². The predicted octanol–water partition coefficient (Wildman–Crippen LogP) is 0.744. The van der Waals surface area contributed by atoms with Gasteiger partial charge in [0.2, 0.25) is 16.9 Å². The van der Waals surface area contributed by atoms with Crippen molar-refractivity contribution in [1.29, 1.82) is 0 Å². The fraction of sp³-hybridized carbons (Fsp3) is 0.688. The number of amides is 2. The fourth-order valence-corrected chi connectivity index (χ4v) is 9.63. The molecular weight excluding hydrogens is 895 g/mol. The molecule has 0 bridgehead atoms. The number of nitrogens with zero attached hydrogens (tertiary/aromatic N) is 4. The Morgan fingerprint density at radius 1 is 1.07 bits per heavy atom. The molecule has 2 amide bonds. The van der Waals surface area contributed by atoms with Gasteiger partial charge in [0.15, 0.2) is 17.2 Å². The number of aliphatic hydroxyl groups excluding tert-OH is 2. The zero-order valence-electron chi connectivity index (χ0n) is 33.4. The quantitative estimate of drug-likeness (QED) is 0.0421. The number of fused-ring (bicyclic) bond motifs is 1. The number of ether oxygens (including phenoxy) is 2. The minimum absolute atomic E-state index is 0.0181. The lowest BCUT2D eigenvalue weighted by Gasteiger charge is -2.30. The summed E-state index contributed by atoms with van der Waals surface area (Å²) in [4.78, 5) is 88.3. The van der Waals surface area contributed by atoms with Crippen LogP contribution in [0.1, 0.15) is 59.3 Å². The monoisotopic (exact) mass is 947 g/mol. The van der Waals surface area contributed by atoms with E-state index in [2.05, 4.69) is 29.9 Å². The number of anilines is 1. The molecule has 1 aliphatic heterocycles. The second-order valence-electron chi connectivity index (χ2n) is 14.8. The summed E-state index contributed by atoms with van der Waals surface area (Å²) in [5.41, 5.74) is 2.30. The third-order valence-electron chi connectivity index (χ3n) is 9.47. The zero-order chi connectivity index (χ0) is 45.2. The Balaban J connectivity index is 1.19. The molecule has 7 atom stereocenters. The van der Waals surface area contributed by atoms with Crippen LogP contribution in [0, 0.1) is 5.41 Å². The molecule has 2 aliphatic rings. The summed E-state index contributed by atoms with van der Waals surface area (Å²) in [5, 5.41) is 26.5. The maximum atomic E-state index is 12.8. The molecule has 7 unspecified atom stereocenters. The first kappa shape index (κ1) is 50.9. The summed E-state index contributed by atoms with van der Waals surface area (Å²) in [5.74, 6) is -1.17. The van der Waals surface area contributed by atoms with Gasteiger partial charge in [-0.05, 0) is 25.8 Å². The van der Waals surface area contributed by atoms with Gasteiger partial charge in [0.25, 0.3) is 0 Å². The molecule has 3 heterocycles. The number of imidazole rings is 1. The van der Waals surface area contributed by atoms with Crippen LogP contribution in [-0.2, 0) is 61.2 Å². The molecule has 4 rings (SSSR count). The number of hydrogen-bond donors (Lipinski definition) is 9.